The van der Waals surface area contributed by atoms with Crippen molar-refractivity contribution in [3.8, 4) is 11.4 Å². The van der Waals surface area contributed by atoms with Crippen molar-refractivity contribution >= 4 is 29.0 Å². The number of nitro benzene ring substituents is 1. The van der Waals surface area contributed by atoms with E-state index in [4.69, 9.17) is 0 Å². The number of amides is 1. The molecule has 3 rings (SSSR count). The van der Waals surface area contributed by atoms with Gasteiger partial charge >= 0.3 is 0 Å². The molecule has 1 N–H and O–H groups in total. The maximum Gasteiger partial charge on any atom is 0.269 e. The molecular formula is C17H15N5O3S. The van der Waals surface area contributed by atoms with E-state index < -0.39 is 4.92 Å². The number of nitro groups is 1. The second-order valence-corrected chi connectivity index (χ2v) is 6.31. The van der Waals surface area contributed by atoms with Gasteiger partial charge in [0.2, 0.25) is 5.91 Å². The molecule has 2 aromatic carbocycles. The largest absolute Gasteiger partial charge is 0.325 e. The normalized spacial score (nSPS) is 10.5. The summed E-state index contributed by atoms with van der Waals surface area (Å²) in [6, 6.07) is 15.3. The van der Waals surface area contributed by atoms with Gasteiger partial charge in [-0.05, 0) is 12.1 Å². The maximum absolute atomic E-state index is 12.1. The van der Waals surface area contributed by atoms with Crippen molar-refractivity contribution in [2.45, 2.75) is 5.16 Å². The van der Waals surface area contributed by atoms with E-state index in [0.29, 0.717) is 10.8 Å². The highest BCUT2D eigenvalue weighted by Gasteiger charge is 2.13. The molecule has 26 heavy (non-hydrogen) atoms. The van der Waals surface area contributed by atoms with Crippen molar-refractivity contribution in [3.05, 3.63) is 64.7 Å². The monoisotopic (exact) mass is 369 g/mol. The first-order valence-corrected chi connectivity index (χ1v) is 8.65. The molecule has 3 aromatic rings. The van der Waals surface area contributed by atoms with Gasteiger partial charge in [0.1, 0.15) is 0 Å². The fourth-order valence-corrected chi connectivity index (χ4v) is 2.98. The van der Waals surface area contributed by atoms with Crippen LogP contribution in [-0.2, 0) is 11.8 Å². The standard InChI is InChI=1S/C17H15N5O3S/c1-21-16(12-5-3-2-4-6-12)19-20-17(21)26-11-15(23)18-13-7-9-14(10-8-13)22(24)25/h2-10H,11H2,1H3,(H,18,23). The van der Waals surface area contributed by atoms with Crippen LogP contribution in [0, 0.1) is 10.1 Å². The predicted molar refractivity (Wildman–Crippen MR) is 98.9 cm³/mol. The van der Waals surface area contributed by atoms with Crippen LogP contribution in [0.3, 0.4) is 0 Å². The Kier molecular flexibility index (Phi) is 5.28. The molecule has 0 saturated carbocycles. The number of carbonyl (C=O) groups is 1. The Balaban J connectivity index is 1.60. The summed E-state index contributed by atoms with van der Waals surface area (Å²) in [6.45, 7) is 0. The van der Waals surface area contributed by atoms with E-state index in [1.54, 1.807) is 0 Å². The molecule has 132 valence electrons. The Morgan fingerprint density at radius 2 is 1.85 bits per heavy atom. The van der Waals surface area contributed by atoms with Crippen molar-refractivity contribution in [1.82, 2.24) is 14.8 Å². The van der Waals surface area contributed by atoms with Crippen molar-refractivity contribution in [3.63, 3.8) is 0 Å². The van der Waals surface area contributed by atoms with E-state index in [0.717, 1.165) is 11.4 Å². The van der Waals surface area contributed by atoms with Gasteiger partial charge in [-0.3, -0.25) is 14.9 Å². The number of anilines is 1. The number of non-ortho nitro benzene ring substituents is 1. The zero-order valence-electron chi connectivity index (χ0n) is 13.8. The molecule has 0 spiro atoms. The number of nitrogens with one attached hydrogen (secondary N) is 1. The lowest BCUT2D eigenvalue weighted by molar-refractivity contribution is -0.384. The Morgan fingerprint density at radius 3 is 2.50 bits per heavy atom. The second kappa shape index (κ2) is 7.79. The minimum atomic E-state index is -0.486. The minimum Gasteiger partial charge on any atom is -0.325 e. The first-order valence-electron chi connectivity index (χ1n) is 7.66. The first kappa shape index (κ1) is 17.6. The van der Waals surface area contributed by atoms with Gasteiger partial charge in [-0.25, -0.2) is 0 Å². The lowest BCUT2D eigenvalue weighted by Gasteiger charge is -2.05. The molecule has 1 aromatic heterocycles. The molecule has 0 radical (unpaired) electrons. The zero-order valence-corrected chi connectivity index (χ0v) is 14.6. The summed E-state index contributed by atoms with van der Waals surface area (Å²) in [5.74, 6) is 0.648. The fourth-order valence-electron chi connectivity index (χ4n) is 2.27. The van der Waals surface area contributed by atoms with Crippen LogP contribution in [0.1, 0.15) is 0 Å². The highest BCUT2D eigenvalue weighted by Crippen LogP contribution is 2.22. The molecule has 0 fully saturated rings. The molecule has 0 aliphatic heterocycles. The summed E-state index contributed by atoms with van der Waals surface area (Å²) in [5.41, 5.74) is 1.43. The smallest absolute Gasteiger partial charge is 0.269 e. The van der Waals surface area contributed by atoms with E-state index in [-0.39, 0.29) is 17.3 Å². The summed E-state index contributed by atoms with van der Waals surface area (Å²) < 4.78 is 1.83. The predicted octanol–water partition coefficient (Wildman–Crippen LogP) is 3.12. The van der Waals surface area contributed by atoms with Crippen molar-refractivity contribution in [1.29, 1.82) is 0 Å². The van der Waals surface area contributed by atoms with E-state index in [1.165, 1.54) is 36.0 Å². The van der Waals surface area contributed by atoms with Gasteiger partial charge in [0, 0.05) is 30.4 Å². The Bertz CT molecular complexity index is 925. The molecule has 0 atom stereocenters. The van der Waals surface area contributed by atoms with E-state index >= 15 is 0 Å². The van der Waals surface area contributed by atoms with Crippen molar-refractivity contribution in [2.24, 2.45) is 7.05 Å². The molecule has 0 bridgehead atoms. The van der Waals surface area contributed by atoms with E-state index in [2.05, 4.69) is 15.5 Å². The summed E-state index contributed by atoms with van der Waals surface area (Å²) in [5, 5.41) is 22.2. The van der Waals surface area contributed by atoms with Gasteiger partial charge in [0.25, 0.3) is 5.69 Å². The topological polar surface area (TPSA) is 103 Å². The molecule has 1 heterocycles. The number of nitrogens with zero attached hydrogens (tertiary/aromatic N) is 4. The number of rotatable bonds is 6. The first-order chi connectivity index (χ1) is 12.5. The van der Waals surface area contributed by atoms with Crippen LogP contribution >= 0.6 is 11.8 Å². The molecular weight excluding hydrogens is 354 g/mol. The number of carbonyl (C=O) groups excluding carboxylic acids is 1. The van der Waals surface area contributed by atoms with Gasteiger partial charge in [-0.2, -0.15) is 0 Å². The van der Waals surface area contributed by atoms with Crippen LogP contribution in [0.25, 0.3) is 11.4 Å². The third kappa shape index (κ3) is 4.06. The summed E-state index contributed by atoms with van der Waals surface area (Å²) in [7, 11) is 1.85. The summed E-state index contributed by atoms with van der Waals surface area (Å²) in [6.07, 6.45) is 0. The molecule has 8 nitrogen and oxygen atoms in total. The average molecular weight is 369 g/mol. The van der Waals surface area contributed by atoms with Gasteiger partial charge in [-0.15, -0.1) is 10.2 Å². The zero-order chi connectivity index (χ0) is 18.5. The highest BCUT2D eigenvalue weighted by atomic mass is 32.2. The van der Waals surface area contributed by atoms with Crippen LogP contribution in [-0.4, -0.2) is 31.3 Å². The van der Waals surface area contributed by atoms with E-state index in [1.807, 2.05) is 41.9 Å². The highest BCUT2D eigenvalue weighted by molar-refractivity contribution is 7.99. The number of hydrogen-bond donors (Lipinski definition) is 1. The third-order valence-corrected chi connectivity index (χ3v) is 4.58. The molecule has 9 heteroatoms. The lowest BCUT2D eigenvalue weighted by atomic mass is 10.2. The minimum absolute atomic E-state index is 0.0232. The maximum atomic E-state index is 12.1. The van der Waals surface area contributed by atoms with Crippen LogP contribution in [0.4, 0.5) is 11.4 Å². The Labute approximate surface area is 153 Å². The van der Waals surface area contributed by atoms with Crippen molar-refractivity contribution in [2.75, 3.05) is 11.1 Å². The average Bonchev–Trinajstić information content (AvgIpc) is 3.02. The number of hydrogen-bond acceptors (Lipinski definition) is 6. The molecule has 0 saturated heterocycles. The quantitative estimate of drug-likeness (QED) is 0.407. The molecule has 0 aliphatic carbocycles. The number of benzene rings is 2. The Morgan fingerprint density at radius 1 is 1.15 bits per heavy atom. The van der Waals surface area contributed by atoms with Crippen LogP contribution in [0.2, 0.25) is 0 Å². The van der Waals surface area contributed by atoms with Gasteiger partial charge in [0.15, 0.2) is 11.0 Å². The van der Waals surface area contributed by atoms with E-state index in [9.17, 15) is 14.9 Å². The Hall–Kier alpha value is -3.20. The summed E-state index contributed by atoms with van der Waals surface area (Å²) in [4.78, 5) is 22.2. The van der Waals surface area contributed by atoms with Gasteiger partial charge in [0.05, 0.1) is 10.7 Å². The summed E-state index contributed by atoms with van der Waals surface area (Å²) >= 11 is 1.27. The molecule has 1 amide bonds. The fraction of sp³-hybridized carbons (Fsp3) is 0.118. The third-order valence-electron chi connectivity index (χ3n) is 3.56. The number of aromatic nitrogens is 3. The van der Waals surface area contributed by atoms with Crippen molar-refractivity contribution < 1.29 is 9.72 Å². The van der Waals surface area contributed by atoms with Crippen LogP contribution in [0.15, 0.2) is 59.8 Å². The van der Waals surface area contributed by atoms with Gasteiger partial charge < -0.3 is 9.88 Å². The SMILES string of the molecule is Cn1c(SCC(=O)Nc2ccc([N+](=O)[O-])cc2)nnc1-c1ccccc1. The molecule has 0 unspecified atom stereocenters. The molecule has 0 aliphatic rings. The lowest BCUT2D eigenvalue weighted by Crippen LogP contribution is -2.14. The second-order valence-electron chi connectivity index (χ2n) is 5.37. The van der Waals surface area contributed by atoms with Gasteiger partial charge in [-0.1, -0.05) is 42.1 Å². The van der Waals surface area contributed by atoms with Crippen LogP contribution in [0.5, 0.6) is 0 Å². The number of thioether (sulfide) groups is 1. The van der Waals surface area contributed by atoms with Crippen LogP contribution < -0.4 is 5.32 Å².